The van der Waals surface area contributed by atoms with Crippen molar-refractivity contribution in [2.45, 2.75) is 72.1 Å². The number of hydrogen-bond donors (Lipinski definition) is 1. The van der Waals surface area contributed by atoms with E-state index in [1.165, 1.54) is 69.0 Å². The molecule has 1 aromatic rings. The van der Waals surface area contributed by atoms with Crippen LogP contribution in [0.15, 0.2) is 24.3 Å². The molecule has 1 nitrogen and oxygen atoms in total. The van der Waals surface area contributed by atoms with E-state index in [2.05, 4.69) is 50.4 Å². The lowest BCUT2D eigenvalue weighted by atomic mass is 9.92. The quantitative estimate of drug-likeness (QED) is 0.500. The van der Waals surface area contributed by atoms with Gasteiger partial charge >= 0.3 is 0 Å². The topological polar surface area (TPSA) is 12.0 Å². The second-order valence-electron chi connectivity index (χ2n) is 6.47. The molecule has 1 atom stereocenters. The summed E-state index contributed by atoms with van der Waals surface area (Å²) >= 11 is 0. The number of nitrogens with one attached hydrogen (secondary N) is 1. The molecule has 0 fully saturated rings. The maximum atomic E-state index is 3.62. The summed E-state index contributed by atoms with van der Waals surface area (Å²) in [4.78, 5) is 0. The highest BCUT2D eigenvalue weighted by molar-refractivity contribution is 5.22. The van der Waals surface area contributed by atoms with Crippen molar-refractivity contribution in [3.8, 4) is 0 Å². The third-order valence-corrected chi connectivity index (χ3v) is 4.18. The summed E-state index contributed by atoms with van der Waals surface area (Å²) in [5, 5.41) is 3.62. The molecule has 0 aliphatic carbocycles. The Hall–Kier alpha value is -0.820. The van der Waals surface area contributed by atoms with E-state index >= 15 is 0 Å². The van der Waals surface area contributed by atoms with Gasteiger partial charge in [0.05, 0.1) is 0 Å². The number of rotatable bonds is 12. The van der Waals surface area contributed by atoms with E-state index in [4.69, 9.17) is 0 Å². The van der Waals surface area contributed by atoms with Gasteiger partial charge in [0.1, 0.15) is 0 Å². The summed E-state index contributed by atoms with van der Waals surface area (Å²) in [5.74, 6) is 0.792. The van der Waals surface area contributed by atoms with E-state index in [0.717, 1.165) is 12.5 Å². The molecule has 1 heteroatoms. The average Bonchev–Trinajstić information content (AvgIpc) is 2.47. The number of benzene rings is 1. The lowest BCUT2D eigenvalue weighted by Gasteiger charge is -2.18. The van der Waals surface area contributed by atoms with E-state index in [1.807, 2.05) is 0 Å². The maximum Gasteiger partial charge on any atom is -0.00173 e. The molecule has 0 bridgehead atoms. The van der Waals surface area contributed by atoms with Crippen LogP contribution in [0.3, 0.4) is 0 Å². The molecule has 1 N–H and O–H groups in total. The van der Waals surface area contributed by atoms with Crippen LogP contribution in [-0.2, 0) is 6.42 Å². The molecule has 1 aromatic carbocycles. The first-order valence-corrected chi connectivity index (χ1v) is 9.02. The Kier molecular flexibility index (Phi) is 10.2. The van der Waals surface area contributed by atoms with Crippen LogP contribution < -0.4 is 5.32 Å². The van der Waals surface area contributed by atoms with Crippen molar-refractivity contribution in [3.63, 3.8) is 0 Å². The van der Waals surface area contributed by atoms with Crippen molar-refractivity contribution in [2.24, 2.45) is 5.92 Å². The zero-order valence-electron chi connectivity index (χ0n) is 14.5. The van der Waals surface area contributed by atoms with Gasteiger partial charge in [-0.2, -0.15) is 0 Å². The van der Waals surface area contributed by atoms with Crippen LogP contribution >= 0.6 is 0 Å². The van der Waals surface area contributed by atoms with Crippen molar-refractivity contribution in [1.82, 2.24) is 5.32 Å². The smallest absolute Gasteiger partial charge is 0.00173 e. The molecule has 0 spiro atoms. The minimum Gasteiger partial charge on any atom is -0.316 e. The Bertz CT molecular complexity index is 359. The van der Waals surface area contributed by atoms with Crippen LogP contribution in [0.25, 0.3) is 0 Å². The van der Waals surface area contributed by atoms with Crippen LogP contribution in [0, 0.1) is 12.8 Å². The molecule has 0 saturated heterocycles. The van der Waals surface area contributed by atoms with E-state index < -0.39 is 0 Å². The second kappa shape index (κ2) is 11.8. The molecule has 0 aliphatic heterocycles. The first-order chi connectivity index (χ1) is 10.3. The van der Waals surface area contributed by atoms with E-state index in [-0.39, 0.29) is 0 Å². The van der Waals surface area contributed by atoms with Crippen molar-refractivity contribution >= 4 is 0 Å². The highest BCUT2D eigenvalue weighted by Gasteiger charge is 2.09. The Morgan fingerprint density at radius 3 is 2.52 bits per heavy atom. The summed E-state index contributed by atoms with van der Waals surface area (Å²) in [6, 6.07) is 9.03. The standard InChI is InChI=1S/C20H35N/c1-4-6-7-8-9-12-20(17-21-14-5-2)16-19-13-10-11-18(3)15-19/h10-11,13,15,20-21H,4-9,12,14,16-17H2,1-3H3. The van der Waals surface area contributed by atoms with Crippen LogP contribution in [0.1, 0.15) is 69.9 Å². The molecular formula is C20H35N. The third kappa shape index (κ3) is 8.93. The Balaban J connectivity index is 2.39. The molecule has 0 heterocycles. The van der Waals surface area contributed by atoms with Gasteiger partial charge in [0, 0.05) is 0 Å². The minimum atomic E-state index is 0.792. The molecule has 21 heavy (non-hydrogen) atoms. The van der Waals surface area contributed by atoms with Gasteiger partial charge in [-0.25, -0.2) is 0 Å². The molecule has 1 rings (SSSR count). The number of unbranched alkanes of at least 4 members (excludes halogenated alkanes) is 4. The zero-order valence-corrected chi connectivity index (χ0v) is 14.5. The predicted octanol–water partition coefficient (Wildman–Crippen LogP) is 5.51. The van der Waals surface area contributed by atoms with Gasteiger partial charge in [-0.05, 0) is 50.8 Å². The number of hydrogen-bond acceptors (Lipinski definition) is 1. The predicted molar refractivity (Wildman–Crippen MR) is 94.9 cm³/mol. The van der Waals surface area contributed by atoms with E-state index in [0.29, 0.717) is 0 Å². The molecule has 0 saturated carbocycles. The fourth-order valence-electron chi connectivity index (χ4n) is 2.97. The van der Waals surface area contributed by atoms with Gasteiger partial charge in [0.15, 0.2) is 0 Å². The van der Waals surface area contributed by atoms with Gasteiger partial charge in [0.25, 0.3) is 0 Å². The van der Waals surface area contributed by atoms with Gasteiger partial charge in [0.2, 0.25) is 0 Å². The number of aryl methyl sites for hydroxylation is 1. The monoisotopic (exact) mass is 289 g/mol. The van der Waals surface area contributed by atoms with Gasteiger partial charge in [-0.15, -0.1) is 0 Å². The zero-order chi connectivity index (χ0) is 15.3. The molecular weight excluding hydrogens is 254 g/mol. The lowest BCUT2D eigenvalue weighted by Crippen LogP contribution is -2.25. The average molecular weight is 290 g/mol. The summed E-state index contributed by atoms with van der Waals surface area (Å²) < 4.78 is 0. The van der Waals surface area contributed by atoms with Crippen molar-refractivity contribution in [3.05, 3.63) is 35.4 Å². The van der Waals surface area contributed by atoms with Gasteiger partial charge in [-0.1, -0.05) is 75.8 Å². The largest absolute Gasteiger partial charge is 0.316 e. The lowest BCUT2D eigenvalue weighted by molar-refractivity contribution is 0.420. The summed E-state index contributed by atoms with van der Waals surface area (Å²) in [6.45, 7) is 9.05. The van der Waals surface area contributed by atoms with Crippen LogP contribution in [-0.4, -0.2) is 13.1 Å². The fourth-order valence-corrected chi connectivity index (χ4v) is 2.97. The second-order valence-corrected chi connectivity index (χ2v) is 6.47. The minimum absolute atomic E-state index is 0.792. The molecule has 0 aliphatic rings. The Morgan fingerprint density at radius 1 is 1.00 bits per heavy atom. The van der Waals surface area contributed by atoms with E-state index in [1.54, 1.807) is 0 Å². The summed E-state index contributed by atoms with van der Waals surface area (Å²) in [6.07, 6.45) is 10.8. The van der Waals surface area contributed by atoms with Crippen LogP contribution in [0.4, 0.5) is 0 Å². The maximum absolute atomic E-state index is 3.62. The highest BCUT2D eigenvalue weighted by Crippen LogP contribution is 2.17. The Labute approximate surface area is 132 Å². The van der Waals surface area contributed by atoms with Crippen LogP contribution in [0.5, 0.6) is 0 Å². The van der Waals surface area contributed by atoms with Crippen LogP contribution in [0.2, 0.25) is 0 Å². The molecule has 0 radical (unpaired) electrons. The summed E-state index contributed by atoms with van der Waals surface area (Å²) in [7, 11) is 0. The Morgan fingerprint density at radius 2 is 1.81 bits per heavy atom. The van der Waals surface area contributed by atoms with Crippen molar-refractivity contribution < 1.29 is 0 Å². The van der Waals surface area contributed by atoms with E-state index in [9.17, 15) is 0 Å². The molecule has 1 unspecified atom stereocenters. The first kappa shape index (κ1) is 18.2. The SMILES string of the molecule is CCCCCCCC(CNCCC)Cc1cccc(C)c1. The van der Waals surface area contributed by atoms with Crippen molar-refractivity contribution in [1.29, 1.82) is 0 Å². The van der Waals surface area contributed by atoms with Gasteiger partial charge in [-0.3, -0.25) is 0 Å². The highest BCUT2D eigenvalue weighted by atomic mass is 14.8. The fraction of sp³-hybridized carbons (Fsp3) is 0.700. The molecule has 0 amide bonds. The first-order valence-electron chi connectivity index (χ1n) is 9.02. The van der Waals surface area contributed by atoms with Crippen molar-refractivity contribution in [2.75, 3.05) is 13.1 Å². The molecule has 120 valence electrons. The summed E-state index contributed by atoms with van der Waals surface area (Å²) in [5.41, 5.74) is 2.89. The molecule has 0 aromatic heterocycles. The normalized spacial score (nSPS) is 12.5. The van der Waals surface area contributed by atoms with Gasteiger partial charge < -0.3 is 5.32 Å². The third-order valence-electron chi connectivity index (χ3n) is 4.18.